The minimum Gasteiger partial charge on any atom is -0.478 e. The van der Waals surface area contributed by atoms with Gasteiger partial charge in [-0.1, -0.05) is 12.1 Å². The van der Waals surface area contributed by atoms with Crippen molar-refractivity contribution in [2.45, 2.75) is 26.7 Å². The number of nitrogens with zero attached hydrogens (tertiary/aromatic N) is 1. The molecule has 0 aliphatic rings. The Morgan fingerprint density at radius 2 is 2.05 bits per heavy atom. The van der Waals surface area contributed by atoms with E-state index in [2.05, 4.69) is 0 Å². The van der Waals surface area contributed by atoms with Gasteiger partial charge in [-0.15, -0.1) is 0 Å². The molecule has 0 saturated heterocycles. The summed E-state index contributed by atoms with van der Waals surface area (Å²) in [5, 5.41) is 10.5. The van der Waals surface area contributed by atoms with Gasteiger partial charge in [0.25, 0.3) is 0 Å². The Bertz CT molecular complexity index is 641. The molecule has 0 aliphatic heterocycles. The van der Waals surface area contributed by atoms with Gasteiger partial charge in [-0.2, -0.15) is 0 Å². The van der Waals surface area contributed by atoms with Crippen molar-refractivity contribution >= 4 is 16.9 Å². The van der Waals surface area contributed by atoms with Gasteiger partial charge in [-0.3, -0.25) is 0 Å². The molecular weight excluding hydrogens is 240 g/mol. The zero-order chi connectivity index (χ0) is 14.2. The predicted molar refractivity (Wildman–Crippen MR) is 76.7 cm³/mol. The van der Waals surface area contributed by atoms with Gasteiger partial charge in [-0.05, 0) is 44.4 Å². The Balaban J connectivity index is 2.78. The fourth-order valence-corrected chi connectivity index (χ4v) is 2.71. The van der Waals surface area contributed by atoms with Crippen LogP contribution in [0.5, 0.6) is 0 Å². The monoisotopic (exact) mass is 260 g/mol. The number of nitrogens with two attached hydrogens (primary N) is 1. The zero-order valence-electron chi connectivity index (χ0n) is 11.7. The highest BCUT2D eigenvalue weighted by Crippen LogP contribution is 2.30. The molecule has 0 bridgehead atoms. The van der Waals surface area contributed by atoms with Crippen molar-refractivity contribution in [1.29, 1.82) is 0 Å². The van der Waals surface area contributed by atoms with Crippen molar-refractivity contribution in [3.05, 3.63) is 34.5 Å². The van der Waals surface area contributed by atoms with Crippen molar-refractivity contribution in [2.75, 3.05) is 6.54 Å². The smallest absolute Gasteiger partial charge is 0.338 e. The van der Waals surface area contributed by atoms with Gasteiger partial charge in [-0.25, -0.2) is 4.79 Å². The van der Waals surface area contributed by atoms with E-state index in [1.54, 1.807) is 0 Å². The Kier molecular flexibility index (Phi) is 3.62. The van der Waals surface area contributed by atoms with E-state index < -0.39 is 5.97 Å². The molecule has 3 N–H and O–H groups in total. The maximum atomic E-state index is 11.5. The van der Waals surface area contributed by atoms with E-state index in [-0.39, 0.29) is 0 Å². The van der Waals surface area contributed by atoms with Crippen LogP contribution in [0.4, 0.5) is 0 Å². The topological polar surface area (TPSA) is 68.2 Å². The second kappa shape index (κ2) is 5.05. The van der Waals surface area contributed by atoms with Crippen LogP contribution in [0.3, 0.4) is 0 Å². The third-order valence-electron chi connectivity index (χ3n) is 3.83. The maximum absolute atomic E-state index is 11.5. The molecule has 2 rings (SSSR count). The van der Waals surface area contributed by atoms with Crippen LogP contribution >= 0.6 is 0 Å². The van der Waals surface area contributed by atoms with Crippen LogP contribution in [-0.2, 0) is 13.5 Å². The number of rotatable bonds is 4. The molecule has 0 fully saturated rings. The minimum atomic E-state index is -0.867. The first-order valence-corrected chi connectivity index (χ1v) is 6.49. The van der Waals surface area contributed by atoms with Crippen LogP contribution in [0.25, 0.3) is 10.9 Å². The number of aryl methyl sites for hydroxylation is 3. The summed E-state index contributed by atoms with van der Waals surface area (Å²) in [6, 6.07) is 3.91. The van der Waals surface area contributed by atoms with E-state index in [0.717, 1.165) is 35.0 Å². The Hall–Kier alpha value is -1.81. The highest BCUT2D eigenvalue weighted by Gasteiger charge is 2.19. The van der Waals surface area contributed by atoms with Crippen LogP contribution in [0.1, 0.15) is 33.6 Å². The van der Waals surface area contributed by atoms with Crippen LogP contribution in [0.2, 0.25) is 0 Å². The van der Waals surface area contributed by atoms with Crippen molar-refractivity contribution in [1.82, 2.24) is 4.57 Å². The molecule has 4 heteroatoms. The van der Waals surface area contributed by atoms with Gasteiger partial charge in [0.05, 0.1) is 11.1 Å². The minimum absolute atomic E-state index is 0.405. The van der Waals surface area contributed by atoms with E-state index in [4.69, 9.17) is 5.73 Å². The van der Waals surface area contributed by atoms with E-state index >= 15 is 0 Å². The normalized spacial score (nSPS) is 11.2. The molecule has 2 aromatic rings. The molecule has 0 aliphatic carbocycles. The average Bonchev–Trinajstić information content (AvgIpc) is 2.60. The first kappa shape index (κ1) is 13.6. The number of fused-ring (bicyclic) bond motifs is 1. The fourth-order valence-electron chi connectivity index (χ4n) is 2.71. The molecule has 4 nitrogen and oxygen atoms in total. The average molecular weight is 260 g/mol. The number of hydrogen-bond donors (Lipinski definition) is 2. The van der Waals surface area contributed by atoms with Crippen molar-refractivity contribution in [3.63, 3.8) is 0 Å². The lowest BCUT2D eigenvalue weighted by Gasteiger charge is -2.06. The van der Waals surface area contributed by atoms with Crippen LogP contribution in [0, 0.1) is 13.8 Å². The molecule has 0 amide bonds. The second-order valence-corrected chi connectivity index (χ2v) is 4.97. The van der Waals surface area contributed by atoms with Crippen molar-refractivity contribution < 1.29 is 9.90 Å². The summed E-state index contributed by atoms with van der Waals surface area (Å²) in [7, 11) is 1.93. The molecular formula is C15H20N2O2. The quantitative estimate of drug-likeness (QED) is 0.886. The SMILES string of the molecule is Cc1ccc2c(CCCN)c(C)n(C)c2c1C(=O)O. The Labute approximate surface area is 112 Å². The molecule has 0 saturated carbocycles. The number of benzene rings is 1. The molecule has 0 radical (unpaired) electrons. The third-order valence-corrected chi connectivity index (χ3v) is 3.83. The molecule has 1 heterocycles. The summed E-state index contributed by atoms with van der Waals surface area (Å²) in [5.41, 5.74) is 9.93. The number of hydrogen-bond acceptors (Lipinski definition) is 2. The third kappa shape index (κ3) is 2.12. The molecule has 1 aromatic carbocycles. The van der Waals surface area contributed by atoms with Gasteiger partial charge in [0, 0.05) is 18.1 Å². The van der Waals surface area contributed by atoms with Crippen LogP contribution < -0.4 is 5.73 Å². The summed E-state index contributed by atoms with van der Waals surface area (Å²) < 4.78 is 1.98. The lowest BCUT2D eigenvalue weighted by atomic mass is 10.0. The van der Waals surface area contributed by atoms with Crippen molar-refractivity contribution in [2.24, 2.45) is 12.8 Å². The predicted octanol–water partition coefficient (Wildman–Crippen LogP) is 2.38. The van der Waals surface area contributed by atoms with Gasteiger partial charge in [0.2, 0.25) is 0 Å². The van der Waals surface area contributed by atoms with E-state index in [1.165, 1.54) is 5.56 Å². The maximum Gasteiger partial charge on any atom is 0.338 e. The number of carboxylic acid groups (broad SMARTS) is 1. The van der Waals surface area contributed by atoms with Gasteiger partial charge in [0.15, 0.2) is 0 Å². The van der Waals surface area contributed by atoms with Gasteiger partial charge < -0.3 is 15.4 Å². The first-order valence-electron chi connectivity index (χ1n) is 6.49. The van der Waals surface area contributed by atoms with E-state index in [0.29, 0.717) is 12.1 Å². The van der Waals surface area contributed by atoms with Crippen LogP contribution in [-0.4, -0.2) is 22.2 Å². The standard InChI is InChI=1S/C15H20N2O2/c1-9-6-7-12-11(5-4-8-16)10(2)17(3)14(12)13(9)15(18)19/h6-7H,4-5,8,16H2,1-3H3,(H,18,19). The molecule has 102 valence electrons. The lowest BCUT2D eigenvalue weighted by molar-refractivity contribution is 0.0698. The van der Waals surface area contributed by atoms with E-state index in [1.807, 2.05) is 37.6 Å². The molecule has 0 unspecified atom stereocenters. The largest absolute Gasteiger partial charge is 0.478 e. The highest BCUT2D eigenvalue weighted by atomic mass is 16.4. The van der Waals surface area contributed by atoms with Crippen molar-refractivity contribution in [3.8, 4) is 0 Å². The summed E-state index contributed by atoms with van der Waals surface area (Å²) >= 11 is 0. The Morgan fingerprint density at radius 1 is 1.37 bits per heavy atom. The zero-order valence-corrected chi connectivity index (χ0v) is 11.7. The molecule has 0 atom stereocenters. The summed E-state index contributed by atoms with van der Waals surface area (Å²) in [5.74, 6) is -0.867. The van der Waals surface area contributed by atoms with Gasteiger partial charge in [0.1, 0.15) is 0 Å². The summed E-state index contributed by atoms with van der Waals surface area (Å²) in [6.45, 7) is 4.52. The number of carboxylic acids is 1. The number of aromatic nitrogens is 1. The lowest BCUT2D eigenvalue weighted by Crippen LogP contribution is -2.04. The summed E-state index contributed by atoms with van der Waals surface area (Å²) in [6.07, 6.45) is 1.80. The van der Waals surface area contributed by atoms with Gasteiger partial charge >= 0.3 is 5.97 Å². The summed E-state index contributed by atoms with van der Waals surface area (Å²) in [4.78, 5) is 11.5. The number of aromatic carboxylic acids is 1. The fraction of sp³-hybridized carbons (Fsp3) is 0.400. The molecule has 1 aromatic heterocycles. The number of carbonyl (C=O) groups is 1. The first-order chi connectivity index (χ1) is 8.99. The highest BCUT2D eigenvalue weighted by molar-refractivity contribution is 6.05. The molecule has 0 spiro atoms. The second-order valence-electron chi connectivity index (χ2n) is 4.97. The Morgan fingerprint density at radius 3 is 2.63 bits per heavy atom. The molecule has 19 heavy (non-hydrogen) atoms. The van der Waals surface area contributed by atoms with E-state index in [9.17, 15) is 9.90 Å². The van der Waals surface area contributed by atoms with Crippen LogP contribution in [0.15, 0.2) is 12.1 Å².